The highest BCUT2D eigenvalue weighted by Crippen LogP contribution is 2.33. The summed E-state index contributed by atoms with van der Waals surface area (Å²) in [5.74, 6) is 1.25. The highest BCUT2D eigenvalue weighted by Gasteiger charge is 2.08. The molecule has 26 heavy (non-hydrogen) atoms. The lowest BCUT2D eigenvalue weighted by atomic mass is 10.1. The molecule has 0 bridgehead atoms. The first-order chi connectivity index (χ1) is 12.4. The van der Waals surface area contributed by atoms with Gasteiger partial charge in [-0.2, -0.15) is 8.78 Å². The first kappa shape index (κ1) is 20.2. The van der Waals surface area contributed by atoms with Gasteiger partial charge in [-0.05, 0) is 62.2 Å². The summed E-state index contributed by atoms with van der Waals surface area (Å²) < 4.78 is 34.5. The molecule has 2 aromatic rings. The SMILES string of the molecule is CCN(C)C=Nc1cc(C)c(Oc2cccc(SOC(F)F)c2)cc1C. The van der Waals surface area contributed by atoms with Crippen molar-refractivity contribution in [3.8, 4) is 11.5 Å². The molecule has 0 aromatic heterocycles. The third-order valence-corrected chi connectivity index (χ3v) is 4.32. The van der Waals surface area contributed by atoms with Crippen LogP contribution in [0.1, 0.15) is 18.1 Å². The summed E-state index contributed by atoms with van der Waals surface area (Å²) in [6, 6.07) is 10.7. The fourth-order valence-electron chi connectivity index (χ4n) is 2.07. The largest absolute Gasteiger partial charge is 0.457 e. The Kier molecular flexibility index (Phi) is 7.41. The van der Waals surface area contributed by atoms with E-state index < -0.39 is 6.61 Å². The van der Waals surface area contributed by atoms with Gasteiger partial charge in [-0.25, -0.2) is 9.18 Å². The van der Waals surface area contributed by atoms with Crippen LogP contribution in [0.5, 0.6) is 11.5 Å². The van der Waals surface area contributed by atoms with Gasteiger partial charge in [-0.15, -0.1) is 0 Å². The molecule has 0 radical (unpaired) electrons. The van der Waals surface area contributed by atoms with Crippen LogP contribution in [0.2, 0.25) is 0 Å². The van der Waals surface area contributed by atoms with E-state index in [1.165, 1.54) is 0 Å². The molecule has 0 heterocycles. The summed E-state index contributed by atoms with van der Waals surface area (Å²) in [7, 11) is 1.96. The minimum Gasteiger partial charge on any atom is -0.457 e. The molecule has 0 amide bonds. The van der Waals surface area contributed by atoms with E-state index in [2.05, 4.69) is 16.1 Å². The summed E-state index contributed by atoms with van der Waals surface area (Å²) in [6.45, 7) is 4.02. The maximum absolute atomic E-state index is 12.1. The number of ether oxygens (including phenoxy) is 1. The Morgan fingerprint density at radius 1 is 1.19 bits per heavy atom. The molecule has 7 heteroatoms. The third kappa shape index (κ3) is 6.00. The lowest BCUT2D eigenvalue weighted by Crippen LogP contribution is -2.14. The minimum atomic E-state index is -2.82. The van der Waals surface area contributed by atoms with Gasteiger partial charge in [0.15, 0.2) is 0 Å². The molecule has 4 nitrogen and oxygen atoms in total. The molecular weight excluding hydrogens is 358 g/mol. The second kappa shape index (κ2) is 9.54. The van der Waals surface area contributed by atoms with Gasteiger partial charge in [0.25, 0.3) is 0 Å². The van der Waals surface area contributed by atoms with Crippen LogP contribution in [0.25, 0.3) is 0 Å². The van der Waals surface area contributed by atoms with Crippen LogP contribution in [0, 0.1) is 13.8 Å². The number of rotatable bonds is 8. The van der Waals surface area contributed by atoms with Gasteiger partial charge < -0.3 is 9.64 Å². The maximum Gasteiger partial charge on any atom is 0.355 e. The van der Waals surface area contributed by atoms with Gasteiger partial charge in [-0.3, -0.25) is 0 Å². The van der Waals surface area contributed by atoms with Gasteiger partial charge in [0.1, 0.15) is 11.5 Å². The maximum atomic E-state index is 12.1. The number of hydrogen-bond acceptors (Lipinski definition) is 4. The Morgan fingerprint density at radius 3 is 2.65 bits per heavy atom. The second-order valence-electron chi connectivity index (χ2n) is 5.74. The second-order valence-corrected chi connectivity index (χ2v) is 6.57. The topological polar surface area (TPSA) is 34.1 Å². The molecule has 0 atom stereocenters. The van der Waals surface area contributed by atoms with Crippen LogP contribution in [0.4, 0.5) is 14.5 Å². The quantitative estimate of drug-likeness (QED) is 0.322. The van der Waals surface area contributed by atoms with Crippen molar-refractivity contribution in [2.45, 2.75) is 32.3 Å². The van der Waals surface area contributed by atoms with E-state index in [0.717, 1.165) is 23.4 Å². The molecular formula is C19H22F2N2O2S. The van der Waals surface area contributed by atoms with E-state index in [-0.39, 0.29) is 0 Å². The third-order valence-electron chi connectivity index (χ3n) is 3.64. The molecule has 0 unspecified atom stereocenters. The van der Waals surface area contributed by atoms with Crippen molar-refractivity contribution in [2.75, 3.05) is 13.6 Å². The van der Waals surface area contributed by atoms with E-state index in [0.29, 0.717) is 28.4 Å². The number of halogens is 2. The lowest BCUT2D eigenvalue weighted by Gasteiger charge is -2.13. The molecule has 0 saturated carbocycles. The molecule has 0 spiro atoms. The Morgan fingerprint density at radius 2 is 1.96 bits per heavy atom. The van der Waals surface area contributed by atoms with Crippen molar-refractivity contribution >= 4 is 24.1 Å². The van der Waals surface area contributed by atoms with Crippen molar-refractivity contribution in [1.82, 2.24) is 4.90 Å². The smallest absolute Gasteiger partial charge is 0.355 e. The predicted molar refractivity (Wildman–Crippen MR) is 102 cm³/mol. The van der Waals surface area contributed by atoms with Gasteiger partial charge in [-0.1, -0.05) is 6.07 Å². The van der Waals surface area contributed by atoms with Crippen LogP contribution >= 0.6 is 12.0 Å². The van der Waals surface area contributed by atoms with E-state index >= 15 is 0 Å². The highest BCUT2D eigenvalue weighted by molar-refractivity contribution is 7.94. The number of aliphatic imine (C=N–C) groups is 1. The van der Waals surface area contributed by atoms with Crippen molar-refractivity contribution in [3.05, 3.63) is 47.5 Å². The monoisotopic (exact) mass is 380 g/mol. The van der Waals surface area contributed by atoms with Crippen molar-refractivity contribution in [1.29, 1.82) is 0 Å². The molecule has 0 aliphatic rings. The Hall–Kier alpha value is -2.12. The van der Waals surface area contributed by atoms with E-state index in [1.807, 2.05) is 37.9 Å². The number of benzene rings is 2. The summed E-state index contributed by atoms with van der Waals surface area (Å²) in [5, 5.41) is 0. The normalized spacial score (nSPS) is 11.3. The van der Waals surface area contributed by atoms with Crippen LogP contribution < -0.4 is 4.74 Å². The summed E-state index contributed by atoms with van der Waals surface area (Å²) in [6.07, 6.45) is 1.80. The van der Waals surface area contributed by atoms with Gasteiger partial charge in [0.2, 0.25) is 0 Å². The first-order valence-electron chi connectivity index (χ1n) is 8.14. The van der Waals surface area contributed by atoms with Crippen LogP contribution in [0.15, 0.2) is 46.3 Å². The molecule has 140 valence electrons. The molecule has 0 aliphatic carbocycles. The highest BCUT2D eigenvalue weighted by atomic mass is 32.2. The molecule has 2 rings (SSSR count). The Labute approximate surface area is 157 Å². The van der Waals surface area contributed by atoms with Crippen LogP contribution in [-0.4, -0.2) is 31.4 Å². The number of nitrogens with zero attached hydrogens (tertiary/aromatic N) is 2. The first-order valence-corrected chi connectivity index (χ1v) is 8.88. The molecule has 0 fully saturated rings. The number of alkyl halides is 2. The standard InChI is InChI=1S/C19H22F2N2O2S/c1-5-23(4)12-22-17-9-14(3)18(10-13(17)2)24-15-7-6-8-16(11-15)26-25-19(20)21/h6-12,19H,5H2,1-4H3. The van der Waals surface area contributed by atoms with E-state index in [1.54, 1.807) is 30.6 Å². The van der Waals surface area contributed by atoms with Crippen molar-refractivity contribution in [2.24, 2.45) is 4.99 Å². The number of hydrogen-bond donors (Lipinski definition) is 0. The zero-order valence-corrected chi connectivity index (χ0v) is 16.0. The van der Waals surface area contributed by atoms with Gasteiger partial charge in [0, 0.05) is 30.5 Å². The Bertz CT molecular complexity index is 769. The summed E-state index contributed by atoms with van der Waals surface area (Å²) >= 11 is 0.621. The van der Waals surface area contributed by atoms with Crippen molar-refractivity contribution in [3.63, 3.8) is 0 Å². The van der Waals surface area contributed by atoms with Crippen molar-refractivity contribution < 1.29 is 17.7 Å². The molecule has 0 N–H and O–H groups in total. The lowest BCUT2D eigenvalue weighted by molar-refractivity contribution is -0.0345. The van der Waals surface area contributed by atoms with Crippen LogP contribution in [0.3, 0.4) is 0 Å². The predicted octanol–water partition coefficient (Wildman–Crippen LogP) is 5.95. The van der Waals surface area contributed by atoms with E-state index in [9.17, 15) is 8.78 Å². The van der Waals surface area contributed by atoms with Crippen LogP contribution in [-0.2, 0) is 4.18 Å². The van der Waals surface area contributed by atoms with Gasteiger partial charge >= 0.3 is 6.61 Å². The Balaban J connectivity index is 2.16. The molecule has 0 saturated heterocycles. The molecule has 0 aliphatic heterocycles. The minimum absolute atomic E-state index is 0.543. The fraction of sp³-hybridized carbons (Fsp3) is 0.316. The number of aryl methyl sites for hydroxylation is 2. The van der Waals surface area contributed by atoms with Gasteiger partial charge in [0.05, 0.1) is 12.0 Å². The summed E-state index contributed by atoms with van der Waals surface area (Å²) in [5.41, 5.74) is 2.80. The average Bonchev–Trinajstić information content (AvgIpc) is 2.61. The zero-order chi connectivity index (χ0) is 19.1. The average molecular weight is 380 g/mol. The summed E-state index contributed by atoms with van der Waals surface area (Å²) in [4.78, 5) is 7.03. The molecule has 2 aromatic carbocycles. The zero-order valence-electron chi connectivity index (χ0n) is 15.2. The van der Waals surface area contributed by atoms with E-state index in [4.69, 9.17) is 4.74 Å². The fourth-order valence-corrected chi connectivity index (χ4v) is 2.56.